The molecule has 0 unspecified atom stereocenters. The van der Waals surface area contributed by atoms with E-state index in [1.807, 2.05) is 42.5 Å². The zero-order valence-electron chi connectivity index (χ0n) is 21.0. The summed E-state index contributed by atoms with van der Waals surface area (Å²) in [5.41, 5.74) is 2.31. The highest BCUT2D eigenvalue weighted by Crippen LogP contribution is 2.47. The van der Waals surface area contributed by atoms with E-state index in [1.165, 1.54) is 19.3 Å². The Balaban J connectivity index is 1.18. The van der Waals surface area contributed by atoms with Crippen LogP contribution in [0.15, 0.2) is 48.5 Å². The Morgan fingerprint density at radius 3 is 2.57 bits per heavy atom. The van der Waals surface area contributed by atoms with Crippen LogP contribution in [0, 0.1) is 0 Å². The van der Waals surface area contributed by atoms with Gasteiger partial charge in [0, 0.05) is 35.9 Å². The van der Waals surface area contributed by atoms with E-state index in [9.17, 15) is 14.7 Å². The Morgan fingerprint density at radius 2 is 1.78 bits per heavy atom. The van der Waals surface area contributed by atoms with Gasteiger partial charge < -0.3 is 35.4 Å². The lowest BCUT2D eigenvalue weighted by Gasteiger charge is -2.37. The Hall–Kier alpha value is -3.14. The third kappa shape index (κ3) is 6.41. The van der Waals surface area contributed by atoms with Gasteiger partial charge in [-0.15, -0.1) is 0 Å². The minimum Gasteiger partial charge on any atom is -0.487 e. The van der Waals surface area contributed by atoms with Crippen molar-refractivity contribution >= 4 is 23.3 Å². The molecule has 5 rings (SSSR count). The number of aliphatic hydroxyl groups excluding tert-OH is 1. The summed E-state index contributed by atoms with van der Waals surface area (Å²) in [4.78, 5) is 27.5. The standard InChI is InChI=1S/C28H36N4O5/c33-18-25-27-23(16-21(36-25)17-26(34)29-11-14-32-12-5-2-6-13-32)22-15-20(9-10-24(22)37-27)31-28(35)30-19-7-3-1-4-8-19/h1,3-4,7-10,15,21,23,25,27,33H,2,5-6,11-14,16-18H2,(H,29,34)(H2,30,31,35)/t21-,23+,25+,27-/m0/s1. The molecule has 9 heteroatoms. The first-order chi connectivity index (χ1) is 18.1. The average molecular weight is 509 g/mol. The quantitative estimate of drug-likeness (QED) is 0.435. The van der Waals surface area contributed by atoms with Crippen molar-refractivity contribution < 1.29 is 24.2 Å². The molecule has 2 aromatic rings. The average Bonchev–Trinajstić information content (AvgIpc) is 3.27. The lowest BCUT2D eigenvalue weighted by atomic mass is 9.84. The van der Waals surface area contributed by atoms with E-state index < -0.39 is 6.10 Å². The minimum atomic E-state index is -0.518. The first kappa shape index (κ1) is 25.5. The molecule has 2 fully saturated rings. The summed E-state index contributed by atoms with van der Waals surface area (Å²) in [5.74, 6) is 0.646. The molecule has 0 saturated carbocycles. The van der Waals surface area contributed by atoms with Crippen molar-refractivity contribution in [2.24, 2.45) is 0 Å². The largest absolute Gasteiger partial charge is 0.487 e. The highest BCUT2D eigenvalue weighted by atomic mass is 16.6. The van der Waals surface area contributed by atoms with Crippen molar-refractivity contribution in [2.75, 3.05) is 43.4 Å². The van der Waals surface area contributed by atoms with Gasteiger partial charge in [-0.2, -0.15) is 0 Å². The van der Waals surface area contributed by atoms with Gasteiger partial charge in [-0.1, -0.05) is 24.6 Å². The van der Waals surface area contributed by atoms with Gasteiger partial charge in [0.25, 0.3) is 0 Å². The number of carbonyl (C=O) groups is 2. The number of rotatable bonds is 8. The van der Waals surface area contributed by atoms with Crippen LogP contribution >= 0.6 is 0 Å². The summed E-state index contributed by atoms with van der Waals surface area (Å²) >= 11 is 0. The maximum Gasteiger partial charge on any atom is 0.323 e. The van der Waals surface area contributed by atoms with Crippen molar-refractivity contribution in [3.63, 3.8) is 0 Å². The number of hydrogen-bond donors (Lipinski definition) is 4. The van der Waals surface area contributed by atoms with Crippen LogP contribution in [0.5, 0.6) is 5.75 Å². The number of aliphatic hydroxyl groups is 1. The molecule has 0 aliphatic carbocycles. The summed E-state index contributed by atoms with van der Waals surface area (Å²) in [7, 11) is 0. The number of para-hydroxylation sites is 1. The zero-order valence-corrected chi connectivity index (χ0v) is 21.0. The molecular weight excluding hydrogens is 472 g/mol. The molecule has 0 aromatic heterocycles. The molecule has 0 spiro atoms. The van der Waals surface area contributed by atoms with E-state index in [2.05, 4.69) is 20.9 Å². The number of amides is 3. The Labute approximate surface area is 217 Å². The molecule has 2 aromatic carbocycles. The molecular formula is C28H36N4O5. The second-order valence-corrected chi connectivity index (χ2v) is 10.1. The van der Waals surface area contributed by atoms with Gasteiger partial charge in [-0.05, 0) is 62.7 Å². The van der Waals surface area contributed by atoms with E-state index in [0.29, 0.717) is 24.3 Å². The fourth-order valence-electron chi connectivity index (χ4n) is 5.60. The van der Waals surface area contributed by atoms with Gasteiger partial charge in [0.2, 0.25) is 5.91 Å². The lowest BCUT2D eigenvalue weighted by Crippen LogP contribution is -2.47. The molecule has 3 heterocycles. The molecule has 2 saturated heterocycles. The molecule has 4 atom stereocenters. The normalized spacial score (nSPS) is 24.9. The van der Waals surface area contributed by atoms with Crippen molar-refractivity contribution in [3.8, 4) is 5.75 Å². The van der Waals surface area contributed by atoms with E-state index in [0.717, 1.165) is 30.9 Å². The first-order valence-corrected chi connectivity index (χ1v) is 13.3. The Bertz CT molecular complexity index is 1080. The third-order valence-electron chi connectivity index (χ3n) is 7.40. The second-order valence-electron chi connectivity index (χ2n) is 10.1. The van der Waals surface area contributed by atoms with Crippen molar-refractivity contribution in [1.82, 2.24) is 10.2 Å². The van der Waals surface area contributed by atoms with Crippen LogP contribution < -0.4 is 20.7 Å². The number of piperidine rings is 1. The fraction of sp³-hybridized carbons (Fsp3) is 0.500. The zero-order chi connectivity index (χ0) is 25.6. The predicted octanol–water partition coefficient (Wildman–Crippen LogP) is 3.32. The van der Waals surface area contributed by atoms with Crippen molar-refractivity contribution in [3.05, 3.63) is 54.1 Å². The van der Waals surface area contributed by atoms with Crippen LogP contribution in [0.2, 0.25) is 0 Å². The number of urea groups is 1. The maximum absolute atomic E-state index is 12.7. The van der Waals surface area contributed by atoms with Crippen LogP contribution in [-0.2, 0) is 9.53 Å². The topological polar surface area (TPSA) is 112 Å². The number of carbonyl (C=O) groups excluding carboxylic acids is 2. The first-order valence-electron chi connectivity index (χ1n) is 13.3. The second kappa shape index (κ2) is 11.9. The Morgan fingerprint density at radius 1 is 1.00 bits per heavy atom. The molecule has 3 amide bonds. The Kier molecular flexibility index (Phi) is 8.23. The number of nitrogens with zero attached hydrogens (tertiary/aromatic N) is 1. The highest BCUT2D eigenvalue weighted by Gasteiger charge is 2.46. The van der Waals surface area contributed by atoms with Crippen molar-refractivity contribution in [2.45, 2.75) is 56.3 Å². The third-order valence-corrected chi connectivity index (χ3v) is 7.40. The summed E-state index contributed by atoms with van der Waals surface area (Å²) in [6.07, 6.45) is 3.44. The van der Waals surface area contributed by atoms with Gasteiger partial charge in [-0.3, -0.25) is 4.79 Å². The van der Waals surface area contributed by atoms with Crippen LogP contribution in [0.4, 0.5) is 16.2 Å². The smallest absolute Gasteiger partial charge is 0.323 e. The maximum atomic E-state index is 12.7. The van der Waals surface area contributed by atoms with E-state index >= 15 is 0 Å². The van der Waals surface area contributed by atoms with Crippen LogP contribution in [0.1, 0.15) is 43.6 Å². The number of nitrogens with one attached hydrogen (secondary N) is 3. The number of hydrogen-bond acceptors (Lipinski definition) is 6. The van der Waals surface area contributed by atoms with Gasteiger partial charge in [0.15, 0.2) is 0 Å². The summed E-state index contributed by atoms with van der Waals surface area (Å²) in [6, 6.07) is 14.5. The van der Waals surface area contributed by atoms with Crippen LogP contribution in [-0.4, -0.2) is 73.0 Å². The van der Waals surface area contributed by atoms with Gasteiger partial charge >= 0.3 is 6.03 Å². The van der Waals surface area contributed by atoms with Gasteiger partial charge in [0.05, 0.1) is 19.1 Å². The van der Waals surface area contributed by atoms with Crippen molar-refractivity contribution in [1.29, 1.82) is 0 Å². The molecule has 37 heavy (non-hydrogen) atoms. The van der Waals surface area contributed by atoms with E-state index in [4.69, 9.17) is 9.47 Å². The van der Waals surface area contributed by atoms with E-state index in [1.54, 1.807) is 6.07 Å². The number of anilines is 2. The minimum absolute atomic E-state index is 0.0361. The molecule has 3 aliphatic heterocycles. The predicted molar refractivity (Wildman–Crippen MR) is 141 cm³/mol. The van der Waals surface area contributed by atoms with Gasteiger partial charge in [0.1, 0.15) is 18.0 Å². The molecule has 0 radical (unpaired) electrons. The molecule has 3 aliphatic rings. The molecule has 198 valence electrons. The fourth-order valence-corrected chi connectivity index (χ4v) is 5.60. The number of fused-ring (bicyclic) bond motifs is 3. The monoisotopic (exact) mass is 508 g/mol. The van der Waals surface area contributed by atoms with Crippen LogP contribution in [0.3, 0.4) is 0 Å². The summed E-state index contributed by atoms with van der Waals surface area (Å²) in [5, 5.41) is 18.7. The molecule has 0 bridgehead atoms. The summed E-state index contributed by atoms with van der Waals surface area (Å²) < 4.78 is 12.2. The van der Waals surface area contributed by atoms with E-state index in [-0.39, 0.29) is 43.1 Å². The highest BCUT2D eigenvalue weighted by molar-refractivity contribution is 5.99. The lowest BCUT2D eigenvalue weighted by molar-refractivity contribution is -0.142. The number of likely N-dealkylation sites (tertiary alicyclic amines) is 1. The summed E-state index contributed by atoms with van der Waals surface area (Å²) in [6.45, 7) is 3.52. The number of ether oxygens (including phenoxy) is 2. The van der Waals surface area contributed by atoms with Gasteiger partial charge in [-0.25, -0.2) is 4.79 Å². The van der Waals surface area contributed by atoms with Crippen LogP contribution in [0.25, 0.3) is 0 Å². The molecule has 9 nitrogen and oxygen atoms in total. The number of benzene rings is 2. The SMILES string of the molecule is O=C(C[C@@H]1C[C@@H]2c3cc(NC(=O)Nc4ccccc4)ccc3O[C@@H]2[C@@H](CO)O1)NCCN1CCCCC1. The molecule has 4 N–H and O–H groups in total.